The molecule has 0 bridgehead atoms. The van der Waals surface area contributed by atoms with E-state index in [1.54, 1.807) is 6.07 Å². The predicted molar refractivity (Wildman–Crippen MR) is 81.9 cm³/mol. The zero-order valence-corrected chi connectivity index (χ0v) is 12.3. The van der Waals surface area contributed by atoms with Crippen molar-refractivity contribution in [3.8, 4) is 6.01 Å². The van der Waals surface area contributed by atoms with Gasteiger partial charge in [-0.2, -0.15) is 0 Å². The molecule has 0 radical (unpaired) electrons. The van der Waals surface area contributed by atoms with Gasteiger partial charge in [0.15, 0.2) is 0 Å². The Morgan fingerprint density at radius 2 is 2.00 bits per heavy atom. The second-order valence-electron chi connectivity index (χ2n) is 4.59. The van der Waals surface area contributed by atoms with E-state index in [0.29, 0.717) is 23.9 Å². The van der Waals surface area contributed by atoms with Crippen molar-refractivity contribution in [3.05, 3.63) is 42.2 Å². The molecule has 1 aromatic carbocycles. The third-order valence-corrected chi connectivity index (χ3v) is 2.78. The lowest BCUT2D eigenvalue weighted by atomic mass is 10.2. The van der Waals surface area contributed by atoms with Gasteiger partial charge in [0.25, 0.3) is 5.91 Å². The summed E-state index contributed by atoms with van der Waals surface area (Å²) in [6.45, 7) is 2.36. The second-order valence-corrected chi connectivity index (χ2v) is 4.59. The molecule has 6 heteroatoms. The van der Waals surface area contributed by atoms with E-state index in [2.05, 4.69) is 15.3 Å². The van der Waals surface area contributed by atoms with Crippen LogP contribution in [0.4, 0.5) is 11.4 Å². The third-order valence-electron chi connectivity index (χ3n) is 2.78. The molecule has 0 fully saturated rings. The summed E-state index contributed by atoms with van der Waals surface area (Å²) in [4.78, 5) is 22.1. The quantitative estimate of drug-likeness (QED) is 0.912. The van der Waals surface area contributed by atoms with Crippen molar-refractivity contribution in [2.75, 3.05) is 30.9 Å². The molecule has 0 saturated heterocycles. The molecule has 1 N–H and O–H groups in total. The van der Waals surface area contributed by atoms with Gasteiger partial charge in [-0.25, -0.2) is 9.97 Å². The minimum atomic E-state index is -0.202. The van der Waals surface area contributed by atoms with E-state index in [9.17, 15) is 4.79 Å². The van der Waals surface area contributed by atoms with Gasteiger partial charge in [-0.1, -0.05) is 6.07 Å². The molecule has 2 aromatic rings. The van der Waals surface area contributed by atoms with Crippen molar-refractivity contribution in [1.29, 1.82) is 0 Å². The number of aromatic nitrogens is 2. The Kier molecular flexibility index (Phi) is 4.71. The van der Waals surface area contributed by atoms with Gasteiger partial charge in [0, 0.05) is 25.3 Å². The normalized spacial score (nSPS) is 10.0. The molecule has 0 spiro atoms. The topological polar surface area (TPSA) is 67.3 Å². The third kappa shape index (κ3) is 3.92. The molecule has 0 atom stereocenters. The van der Waals surface area contributed by atoms with Gasteiger partial charge in [0.05, 0.1) is 24.7 Å². The van der Waals surface area contributed by atoms with Crippen LogP contribution in [-0.2, 0) is 0 Å². The summed E-state index contributed by atoms with van der Waals surface area (Å²) >= 11 is 0. The second kappa shape index (κ2) is 6.69. The number of benzene rings is 1. The molecule has 0 unspecified atom stereocenters. The molecule has 1 heterocycles. The molecule has 2 rings (SSSR count). The fourth-order valence-corrected chi connectivity index (χ4v) is 1.71. The van der Waals surface area contributed by atoms with E-state index >= 15 is 0 Å². The van der Waals surface area contributed by atoms with Crippen molar-refractivity contribution in [3.63, 3.8) is 0 Å². The number of nitrogens with zero attached hydrogens (tertiary/aromatic N) is 3. The SMILES string of the molecule is CCOc1ncc(NC(=O)c2cccc(N(C)C)c2)cn1. The molecule has 1 aromatic heterocycles. The summed E-state index contributed by atoms with van der Waals surface area (Å²) < 4.78 is 5.15. The van der Waals surface area contributed by atoms with E-state index in [0.717, 1.165) is 5.69 Å². The number of rotatable bonds is 5. The van der Waals surface area contributed by atoms with Gasteiger partial charge in [0.2, 0.25) is 0 Å². The lowest BCUT2D eigenvalue weighted by Crippen LogP contribution is -2.14. The highest BCUT2D eigenvalue weighted by Crippen LogP contribution is 2.15. The number of carbonyl (C=O) groups is 1. The van der Waals surface area contributed by atoms with Crippen LogP contribution in [0.2, 0.25) is 0 Å². The smallest absolute Gasteiger partial charge is 0.316 e. The number of hydrogen-bond acceptors (Lipinski definition) is 5. The number of nitrogens with one attached hydrogen (secondary N) is 1. The molecule has 0 saturated carbocycles. The molecule has 6 nitrogen and oxygen atoms in total. The molecule has 1 amide bonds. The van der Waals surface area contributed by atoms with Gasteiger partial charge in [0.1, 0.15) is 0 Å². The van der Waals surface area contributed by atoms with Crippen LogP contribution in [-0.4, -0.2) is 36.6 Å². The molecular weight excluding hydrogens is 268 g/mol. The largest absolute Gasteiger partial charge is 0.464 e. The average molecular weight is 286 g/mol. The van der Waals surface area contributed by atoms with Crippen LogP contribution in [0.25, 0.3) is 0 Å². The Labute approximate surface area is 123 Å². The van der Waals surface area contributed by atoms with Crippen LogP contribution in [0, 0.1) is 0 Å². The number of ether oxygens (including phenoxy) is 1. The fourth-order valence-electron chi connectivity index (χ4n) is 1.71. The lowest BCUT2D eigenvalue weighted by Gasteiger charge is -2.13. The first-order valence-corrected chi connectivity index (χ1v) is 6.63. The summed E-state index contributed by atoms with van der Waals surface area (Å²) in [5.41, 5.74) is 2.07. The maximum absolute atomic E-state index is 12.2. The maximum atomic E-state index is 12.2. The van der Waals surface area contributed by atoms with Crippen LogP contribution in [0.1, 0.15) is 17.3 Å². The summed E-state index contributed by atoms with van der Waals surface area (Å²) in [5, 5.41) is 2.76. The van der Waals surface area contributed by atoms with Crippen molar-refractivity contribution in [2.45, 2.75) is 6.92 Å². The van der Waals surface area contributed by atoms with Crippen LogP contribution in [0.3, 0.4) is 0 Å². The van der Waals surface area contributed by atoms with E-state index in [1.165, 1.54) is 12.4 Å². The summed E-state index contributed by atoms with van der Waals surface area (Å²) in [5.74, 6) is -0.202. The van der Waals surface area contributed by atoms with Crippen molar-refractivity contribution in [1.82, 2.24) is 9.97 Å². The lowest BCUT2D eigenvalue weighted by molar-refractivity contribution is 0.102. The fraction of sp³-hybridized carbons (Fsp3) is 0.267. The Balaban J connectivity index is 2.08. The summed E-state index contributed by atoms with van der Waals surface area (Å²) in [6, 6.07) is 7.67. The highest BCUT2D eigenvalue weighted by Gasteiger charge is 2.08. The molecule has 110 valence electrons. The molecule has 0 aliphatic rings. The zero-order valence-electron chi connectivity index (χ0n) is 12.3. The van der Waals surface area contributed by atoms with Gasteiger partial charge in [-0.15, -0.1) is 0 Å². The van der Waals surface area contributed by atoms with E-state index in [1.807, 2.05) is 44.1 Å². The Morgan fingerprint density at radius 1 is 1.29 bits per heavy atom. The molecule has 21 heavy (non-hydrogen) atoms. The first-order valence-electron chi connectivity index (χ1n) is 6.63. The highest BCUT2D eigenvalue weighted by atomic mass is 16.5. The Hall–Kier alpha value is -2.63. The summed E-state index contributed by atoms with van der Waals surface area (Å²) in [7, 11) is 3.86. The number of anilines is 2. The number of amides is 1. The number of hydrogen-bond donors (Lipinski definition) is 1. The predicted octanol–water partition coefficient (Wildman–Crippen LogP) is 2.19. The zero-order chi connectivity index (χ0) is 15.2. The minimum absolute atomic E-state index is 0.202. The monoisotopic (exact) mass is 286 g/mol. The maximum Gasteiger partial charge on any atom is 0.316 e. The Morgan fingerprint density at radius 3 is 2.62 bits per heavy atom. The standard InChI is InChI=1S/C15H18N4O2/c1-4-21-15-16-9-12(10-17-15)18-14(20)11-6-5-7-13(8-11)19(2)3/h5-10H,4H2,1-3H3,(H,18,20). The van der Waals surface area contributed by atoms with Crippen molar-refractivity contribution < 1.29 is 9.53 Å². The van der Waals surface area contributed by atoms with E-state index in [4.69, 9.17) is 4.74 Å². The van der Waals surface area contributed by atoms with Crippen LogP contribution >= 0.6 is 0 Å². The minimum Gasteiger partial charge on any atom is -0.464 e. The first kappa shape index (κ1) is 14.8. The van der Waals surface area contributed by atoms with Crippen LogP contribution < -0.4 is 15.0 Å². The number of carbonyl (C=O) groups excluding carboxylic acids is 1. The molecule has 0 aliphatic carbocycles. The Bertz CT molecular complexity index is 611. The van der Waals surface area contributed by atoms with Crippen molar-refractivity contribution in [2.24, 2.45) is 0 Å². The highest BCUT2D eigenvalue weighted by molar-refractivity contribution is 6.04. The van der Waals surface area contributed by atoms with Crippen LogP contribution in [0.5, 0.6) is 6.01 Å². The molecule has 0 aliphatic heterocycles. The first-order chi connectivity index (χ1) is 10.1. The summed E-state index contributed by atoms with van der Waals surface area (Å²) in [6.07, 6.45) is 3.04. The van der Waals surface area contributed by atoms with Gasteiger partial charge in [-0.05, 0) is 25.1 Å². The van der Waals surface area contributed by atoms with E-state index < -0.39 is 0 Å². The van der Waals surface area contributed by atoms with Crippen molar-refractivity contribution >= 4 is 17.3 Å². The average Bonchev–Trinajstić information content (AvgIpc) is 2.49. The molecular formula is C15H18N4O2. The van der Waals surface area contributed by atoms with Gasteiger partial charge < -0.3 is 15.0 Å². The van der Waals surface area contributed by atoms with Gasteiger partial charge in [-0.3, -0.25) is 4.79 Å². The van der Waals surface area contributed by atoms with Gasteiger partial charge >= 0.3 is 6.01 Å². The van der Waals surface area contributed by atoms with Crippen LogP contribution in [0.15, 0.2) is 36.7 Å². The van der Waals surface area contributed by atoms with E-state index in [-0.39, 0.29) is 5.91 Å².